The van der Waals surface area contributed by atoms with Gasteiger partial charge in [0.05, 0.1) is 5.41 Å². The number of aliphatic carboxylic acids is 1. The third-order valence-electron chi connectivity index (χ3n) is 4.96. The Bertz CT molecular complexity index is 356. The number of piperidine rings is 2. The van der Waals surface area contributed by atoms with E-state index in [9.17, 15) is 14.7 Å². The Morgan fingerprint density at radius 1 is 1.25 bits per heavy atom. The molecule has 114 valence electrons. The number of amides is 1. The summed E-state index contributed by atoms with van der Waals surface area (Å²) in [7, 11) is 0. The van der Waals surface area contributed by atoms with Gasteiger partial charge in [-0.15, -0.1) is 0 Å². The van der Waals surface area contributed by atoms with E-state index in [4.69, 9.17) is 0 Å². The first-order valence-electron chi connectivity index (χ1n) is 7.73. The summed E-state index contributed by atoms with van der Waals surface area (Å²) in [6.45, 7) is 5.10. The Kier molecular flexibility index (Phi) is 5.02. The molecule has 5 nitrogen and oxygen atoms in total. The molecule has 2 saturated heterocycles. The molecule has 0 aromatic heterocycles. The Morgan fingerprint density at radius 2 is 1.85 bits per heavy atom. The number of likely N-dealkylation sites (tertiary alicyclic amines) is 1. The molecule has 0 bridgehead atoms. The second-order valence-corrected chi connectivity index (χ2v) is 6.48. The minimum atomic E-state index is -0.737. The molecule has 0 aromatic rings. The Morgan fingerprint density at radius 3 is 2.40 bits per heavy atom. The predicted molar refractivity (Wildman–Crippen MR) is 76.4 cm³/mol. The van der Waals surface area contributed by atoms with Crippen molar-refractivity contribution < 1.29 is 14.7 Å². The summed E-state index contributed by atoms with van der Waals surface area (Å²) in [6.07, 6.45) is 5.08. The fourth-order valence-corrected chi connectivity index (χ4v) is 3.12. The molecule has 0 radical (unpaired) electrons. The fourth-order valence-electron chi connectivity index (χ4n) is 3.12. The summed E-state index contributed by atoms with van der Waals surface area (Å²) < 4.78 is 0. The average Bonchev–Trinajstić information content (AvgIpc) is 2.46. The number of hydrogen-bond donors (Lipinski definition) is 2. The first-order valence-corrected chi connectivity index (χ1v) is 7.73. The minimum absolute atomic E-state index is 0.205. The zero-order valence-corrected chi connectivity index (χ0v) is 12.4. The lowest BCUT2D eigenvalue weighted by Gasteiger charge is -2.36. The number of carboxylic acid groups (broad SMARTS) is 1. The van der Waals surface area contributed by atoms with Crippen molar-refractivity contribution in [1.29, 1.82) is 0 Å². The second kappa shape index (κ2) is 6.57. The second-order valence-electron chi connectivity index (χ2n) is 6.48. The lowest BCUT2D eigenvalue weighted by atomic mass is 9.80. The number of carboxylic acids is 1. The van der Waals surface area contributed by atoms with Crippen LogP contribution < -0.4 is 5.32 Å². The van der Waals surface area contributed by atoms with E-state index in [-0.39, 0.29) is 5.91 Å². The van der Waals surface area contributed by atoms with Crippen LogP contribution >= 0.6 is 0 Å². The highest BCUT2D eigenvalue weighted by atomic mass is 16.4. The molecule has 0 saturated carbocycles. The highest BCUT2D eigenvalue weighted by Gasteiger charge is 2.37. The minimum Gasteiger partial charge on any atom is -0.481 e. The van der Waals surface area contributed by atoms with Gasteiger partial charge in [-0.25, -0.2) is 0 Å². The van der Waals surface area contributed by atoms with E-state index in [0.717, 1.165) is 19.5 Å². The van der Waals surface area contributed by atoms with E-state index < -0.39 is 11.4 Å². The number of nitrogens with one attached hydrogen (secondary N) is 1. The van der Waals surface area contributed by atoms with Crippen LogP contribution in [0.5, 0.6) is 0 Å². The molecule has 2 aliphatic heterocycles. The number of carbonyl (C=O) groups excluding carboxylic acids is 1. The lowest BCUT2D eigenvalue weighted by Crippen LogP contribution is -2.45. The molecular weight excluding hydrogens is 256 g/mol. The van der Waals surface area contributed by atoms with Crippen LogP contribution in [0.1, 0.15) is 45.4 Å². The van der Waals surface area contributed by atoms with Gasteiger partial charge in [0.1, 0.15) is 0 Å². The largest absolute Gasteiger partial charge is 0.481 e. The van der Waals surface area contributed by atoms with Crippen molar-refractivity contribution in [3.8, 4) is 0 Å². The molecule has 5 heteroatoms. The summed E-state index contributed by atoms with van der Waals surface area (Å²) in [5.41, 5.74) is -0.647. The monoisotopic (exact) mass is 282 g/mol. The Labute approximate surface area is 120 Å². The van der Waals surface area contributed by atoms with E-state index in [0.29, 0.717) is 38.3 Å². The van der Waals surface area contributed by atoms with E-state index >= 15 is 0 Å². The highest BCUT2D eigenvalue weighted by Crippen LogP contribution is 2.31. The quantitative estimate of drug-likeness (QED) is 0.819. The zero-order chi connectivity index (χ0) is 14.6. The first-order chi connectivity index (χ1) is 9.51. The van der Waals surface area contributed by atoms with Gasteiger partial charge in [0.2, 0.25) is 5.91 Å². The molecule has 2 N–H and O–H groups in total. The molecule has 2 rings (SSSR count). The molecule has 20 heavy (non-hydrogen) atoms. The van der Waals surface area contributed by atoms with Crippen molar-refractivity contribution >= 4 is 11.9 Å². The SMILES string of the molecule is CC1(C(=O)O)CCN(C(=O)CCC2CCNCC2)CC1. The molecular formula is C15H26N2O3. The van der Waals surface area contributed by atoms with Gasteiger partial charge < -0.3 is 15.3 Å². The topological polar surface area (TPSA) is 69.6 Å². The van der Waals surface area contributed by atoms with Gasteiger partial charge in [-0.1, -0.05) is 0 Å². The third-order valence-corrected chi connectivity index (χ3v) is 4.96. The van der Waals surface area contributed by atoms with Crippen LogP contribution in [-0.4, -0.2) is 48.1 Å². The molecule has 0 unspecified atom stereocenters. The van der Waals surface area contributed by atoms with E-state index in [1.807, 2.05) is 4.90 Å². The van der Waals surface area contributed by atoms with Crippen LogP contribution in [0.25, 0.3) is 0 Å². The van der Waals surface area contributed by atoms with Crippen molar-refractivity contribution in [3.63, 3.8) is 0 Å². The number of rotatable bonds is 4. The van der Waals surface area contributed by atoms with Gasteiger partial charge in [0, 0.05) is 19.5 Å². The summed E-state index contributed by atoms with van der Waals surface area (Å²) in [5.74, 6) is 0.143. The van der Waals surface area contributed by atoms with Crippen LogP contribution in [0.3, 0.4) is 0 Å². The van der Waals surface area contributed by atoms with Crippen LogP contribution in [0.4, 0.5) is 0 Å². The van der Waals surface area contributed by atoms with Gasteiger partial charge >= 0.3 is 5.97 Å². The molecule has 0 atom stereocenters. The molecule has 0 aliphatic carbocycles. The van der Waals surface area contributed by atoms with Crippen LogP contribution in [0.2, 0.25) is 0 Å². The van der Waals surface area contributed by atoms with Crippen molar-refractivity contribution in [1.82, 2.24) is 10.2 Å². The van der Waals surface area contributed by atoms with Crippen molar-refractivity contribution in [2.45, 2.75) is 45.4 Å². The molecule has 2 fully saturated rings. The van der Waals surface area contributed by atoms with Gasteiger partial charge in [0.25, 0.3) is 0 Å². The van der Waals surface area contributed by atoms with Crippen LogP contribution in [-0.2, 0) is 9.59 Å². The van der Waals surface area contributed by atoms with Gasteiger partial charge in [-0.05, 0) is 58.0 Å². The number of hydrogen-bond acceptors (Lipinski definition) is 3. The average molecular weight is 282 g/mol. The highest BCUT2D eigenvalue weighted by molar-refractivity contribution is 5.78. The number of carbonyl (C=O) groups is 2. The number of nitrogens with zero attached hydrogens (tertiary/aromatic N) is 1. The van der Waals surface area contributed by atoms with Gasteiger partial charge in [-0.3, -0.25) is 9.59 Å². The van der Waals surface area contributed by atoms with Crippen molar-refractivity contribution in [2.75, 3.05) is 26.2 Å². The van der Waals surface area contributed by atoms with Crippen molar-refractivity contribution in [3.05, 3.63) is 0 Å². The fraction of sp³-hybridized carbons (Fsp3) is 0.867. The molecule has 2 heterocycles. The maximum Gasteiger partial charge on any atom is 0.309 e. The maximum atomic E-state index is 12.2. The summed E-state index contributed by atoms with van der Waals surface area (Å²) in [6, 6.07) is 0. The lowest BCUT2D eigenvalue weighted by molar-refractivity contribution is -0.153. The van der Waals surface area contributed by atoms with E-state index in [1.54, 1.807) is 6.92 Å². The maximum absolute atomic E-state index is 12.2. The standard InChI is InChI=1S/C15H26N2O3/c1-15(14(19)20)6-10-17(11-7-15)13(18)3-2-12-4-8-16-9-5-12/h12,16H,2-11H2,1H3,(H,19,20). The van der Waals surface area contributed by atoms with E-state index in [2.05, 4.69) is 5.32 Å². The van der Waals surface area contributed by atoms with Crippen LogP contribution in [0.15, 0.2) is 0 Å². The molecule has 1 amide bonds. The normalized spacial score (nSPS) is 23.6. The molecule has 2 aliphatic rings. The van der Waals surface area contributed by atoms with Gasteiger partial charge in [0.15, 0.2) is 0 Å². The van der Waals surface area contributed by atoms with Crippen molar-refractivity contribution in [2.24, 2.45) is 11.3 Å². The third kappa shape index (κ3) is 3.72. The molecule has 0 aromatic carbocycles. The summed E-state index contributed by atoms with van der Waals surface area (Å²) in [5, 5.41) is 12.5. The van der Waals surface area contributed by atoms with Crippen LogP contribution in [0, 0.1) is 11.3 Å². The smallest absolute Gasteiger partial charge is 0.309 e. The Balaban J connectivity index is 1.73. The van der Waals surface area contributed by atoms with E-state index in [1.165, 1.54) is 12.8 Å². The summed E-state index contributed by atoms with van der Waals surface area (Å²) in [4.78, 5) is 25.2. The zero-order valence-electron chi connectivity index (χ0n) is 12.4. The molecule has 0 spiro atoms. The summed E-state index contributed by atoms with van der Waals surface area (Å²) >= 11 is 0. The Hall–Kier alpha value is -1.10. The predicted octanol–water partition coefficient (Wildman–Crippen LogP) is 1.48. The van der Waals surface area contributed by atoms with Gasteiger partial charge in [-0.2, -0.15) is 0 Å². The first kappa shape index (κ1) is 15.3.